The second kappa shape index (κ2) is 7.98. The summed E-state index contributed by atoms with van der Waals surface area (Å²) in [6.07, 6.45) is 0. The molecule has 3 rings (SSSR count). The molecule has 1 amide bonds. The molecular formula is C19H20N4OS. The van der Waals surface area contributed by atoms with Gasteiger partial charge in [-0.1, -0.05) is 60.3 Å². The minimum absolute atomic E-state index is 0.0498. The molecule has 0 radical (unpaired) electrons. The molecule has 0 aliphatic heterocycles. The summed E-state index contributed by atoms with van der Waals surface area (Å²) in [7, 11) is 0. The van der Waals surface area contributed by atoms with Gasteiger partial charge in [-0.3, -0.25) is 4.79 Å². The quantitative estimate of drug-likeness (QED) is 0.688. The number of nitrogens with zero attached hydrogens (tertiary/aromatic N) is 3. The summed E-state index contributed by atoms with van der Waals surface area (Å²) in [5.41, 5.74) is 3.07. The Kier molecular flexibility index (Phi) is 5.50. The van der Waals surface area contributed by atoms with E-state index in [0.29, 0.717) is 12.3 Å². The van der Waals surface area contributed by atoms with Crippen LogP contribution in [-0.2, 0) is 11.3 Å². The summed E-state index contributed by atoms with van der Waals surface area (Å²) in [5, 5.41) is 12.0. The molecule has 0 saturated carbocycles. The Bertz CT molecular complexity index is 861. The molecule has 0 unspecified atom stereocenters. The van der Waals surface area contributed by atoms with E-state index >= 15 is 0 Å². The van der Waals surface area contributed by atoms with E-state index in [1.54, 1.807) is 0 Å². The van der Waals surface area contributed by atoms with Crippen LogP contribution in [0.3, 0.4) is 0 Å². The largest absolute Gasteiger partial charge is 0.325 e. The highest BCUT2D eigenvalue weighted by Crippen LogP contribution is 2.20. The SMILES string of the molecule is Cc1ccccc1NC(=O)CSc1nnc(C)n1Cc1ccccc1. The molecule has 1 aromatic heterocycles. The van der Waals surface area contributed by atoms with Crippen LogP contribution in [0, 0.1) is 13.8 Å². The van der Waals surface area contributed by atoms with Crippen LogP contribution in [0.2, 0.25) is 0 Å². The van der Waals surface area contributed by atoms with Gasteiger partial charge in [0.1, 0.15) is 5.82 Å². The summed E-state index contributed by atoms with van der Waals surface area (Å²) in [6, 6.07) is 17.9. The molecule has 128 valence electrons. The molecule has 5 nitrogen and oxygen atoms in total. The van der Waals surface area contributed by atoms with Gasteiger partial charge in [-0.25, -0.2) is 0 Å². The fraction of sp³-hybridized carbons (Fsp3) is 0.211. The first-order valence-electron chi connectivity index (χ1n) is 8.05. The second-order valence-electron chi connectivity index (χ2n) is 5.75. The first-order chi connectivity index (χ1) is 12.1. The molecule has 1 N–H and O–H groups in total. The van der Waals surface area contributed by atoms with Gasteiger partial charge in [-0.2, -0.15) is 0 Å². The van der Waals surface area contributed by atoms with E-state index in [4.69, 9.17) is 0 Å². The van der Waals surface area contributed by atoms with Crippen molar-refractivity contribution in [3.63, 3.8) is 0 Å². The number of hydrogen-bond donors (Lipinski definition) is 1. The normalized spacial score (nSPS) is 10.6. The van der Waals surface area contributed by atoms with Gasteiger partial charge >= 0.3 is 0 Å². The van der Waals surface area contributed by atoms with Gasteiger partial charge in [-0.15, -0.1) is 10.2 Å². The molecule has 0 atom stereocenters. The number of hydrogen-bond acceptors (Lipinski definition) is 4. The van der Waals surface area contributed by atoms with Crippen LogP contribution in [0.1, 0.15) is 17.0 Å². The third-order valence-corrected chi connectivity index (χ3v) is 4.80. The number of benzene rings is 2. The number of anilines is 1. The standard InChI is InChI=1S/C19H20N4OS/c1-14-8-6-7-11-17(14)20-18(24)13-25-19-22-21-15(2)23(19)12-16-9-4-3-5-10-16/h3-11H,12-13H2,1-2H3,(H,20,24). The third-order valence-electron chi connectivity index (χ3n) is 3.84. The van der Waals surface area contributed by atoms with Gasteiger partial charge in [0.15, 0.2) is 5.16 Å². The van der Waals surface area contributed by atoms with Gasteiger partial charge in [-0.05, 0) is 31.0 Å². The molecule has 0 aliphatic carbocycles. The van der Waals surface area contributed by atoms with Crippen LogP contribution in [-0.4, -0.2) is 26.4 Å². The van der Waals surface area contributed by atoms with E-state index < -0.39 is 0 Å². The van der Waals surface area contributed by atoms with Gasteiger partial charge in [0.05, 0.1) is 12.3 Å². The van der Waals surface area contributed by atoms with Crippen LogP contribution in [0.5, 0.6) is 0 Å². The lowest BCUT2D eigenvalue weighted by Crippen LogP contribution is -2.15. The fourth-order valence-electron chi connectivity index (χ4n) is 2.45. The Morgan fingerprint density at radius 2 is 1.76 bits per heavy atom. The van der Waals surface area contributed by atoms with Crippen molar-refractivity contribution in [1.82, 2.24) is 14.8 Å². The van der Waals surface area contributed by atoms with Gasteiger partial charge in [0.25, 0.3) is 0 Å². The lowest BCUT2D eigenvalue weighted by molar-refractivity contribution is -0.113. The maximum Gasteiger partial charge on any atom is 0.234 e. The van der Waals surface area contributed by atoms with Crippen molar-refractivity contribution in [1.29, 1.82) is 0 Å². The monoisotopic (exact) mass is 352 g/mol. The first-order valence-corrected chi connectivity index (χ1v) is 9.04. The number of nitrogens with one attached hydrogen (secondary N) is 1. The Hall–Kier alpha value is -2.60. The predicted octanol–water partition coefficient (Wildman–Crippen LogP) is 3.67. The number of aromatic nitrogens is 3. The Morgan fingerprint density at radius 3 is 2.52 bits per heavy atom. The molecule has 0 fully saturated rings. The maximum atomic E-state index is 12.2. The van der Waals surface area contributed by atoms with Crippen LogP contribution >= 0.6 is 11.8 Å². The number of thioether (sulfide) groups is 1. The van der Waals surface area contributed by atoms with Crippen molar-refractivity contribution in [2.45, 2.75) is 25.5 Å². The highest BCUT2D eigenvalue weighted by Gasteiger charge is 2.12. The topological polar surface area (TPSA) is 59.8 Å². The second-order valence-corrected chi connectivity index (χ2v) is 6.70. The summed E-state index contributed by atoms with van der Waals surface area (Å²) >= 11 is 1.40. The molecule has 0 bridgehead atoms. The molecule has 25 heavy (non-hydrogen) atoms. The summed E-state index contributed by atoms with van der Waals surface area (Å²) in [5.74, 6) is 1.08. The van der Waals surface area contributed by atoms with Crippen molar-refractivity contribution in [2.75, 3.05) is 11.1 Å². The Balaban J connectivity index is 1.64. The highest BCUT2D eigenvalue weighted by molar-refractivity contribution is 7.99. The number of carbonyl (C=O) groups excluding carboxylic acids is 1. The number of rotatable bonds is 6. The minimum Gasteiger partial charge on any atom is -0.325 e. The molecule has 0 aliphatic rings. The van der Waals surface area contributed by atoms with Gasteiger partial charge in [0, 0.05) is 5.69 Å². The van der Waals surface area contributed by atoms with Crippen molar-refractivity contribution in [3.05, 3.63) is 71.5 Å². The van der Waals surface area contributed by atoms with Crippen LogP contribution in [0.15, 0.2) is 59.8 Å². The van der Waals surface area contributed by atoms with E-state index in [1.807, 2.05) is 60.9 Å². The van der Waals surface area contributed by atoms with Gasteiger partial charge < -0.3 is 9.88 Å². The fourth-order valence-corrected chi connectivity index (χ4v) is 3.23. The molecule has 6 heteroatoms. The Labute approximate surface area is 151 Å². The van der Waals surface area contributed by atoms with Crippen molar-refractivity contribution in [2.24, 2.45) is 0 Å². The lowest BCUT2D eigenvalue weighted by atomic mass is 10.2. The molecule has 3 aromatic rings. The predicted molar refractivity (Wildman–Crippen MR) is 101 cm³/mol. The first kappa shape index (κ1) is 17.2. The van der Waals surface area contributed by atoms with Crippen molar-refractivity contribution in [3.8, 4) is 0 Å². The molecule has 0 saturated heterocycles. The maximum absolute atomic E-state index is 12.2. The average Bonchev–Trinajstić information content (AvgIpc) is 2.96. The summed E-state index contributed by atoms with van der Waals surface area (Å²) < 4.78 is 2.03. The summed E-state index contributed by atoms with van der Waals surface area (Å²) in [4.78, 5) is 12.2. The zero-order valence-corrected chi connectivity index (χ0v) is 15.1. The van der Waals surface area contributed by atoms with E-state index in [0.717, 1.165) is 22.2 Å². The zero-order chi connectivity index (χ0) is 17.6. The smallest absolute Gasteiger partial charge is 0.234 e. The molecule has 2 aromatic carbocycles. The average molecular weight is 352 g/mol. The van der Waals surface area contributed by atoms with Crippen LogP contribution in [0.4, 0.5) is 5.69 Å². The van der Waals surface area contributed by atoms with E-state index in [1.165, 1.54) is 17.3 Å². The van der Waals surface area contributed by atoms with Crippen molar-refractivity contribution < 1.29 is 4.79 Å². The summed E-state index contributed by atoms with van der Waals surface area (Å²) in [6.45, 7) is 4.59. The zero-order valence-electron chi connectivity index (χ0n) is 14.3. The van der Waals surface area contributed by atoms with Crippen molar-refractivity contribution >= 4 is 23.4 Å². The van der Waals surface area contributed by atoms with Gasteiger partial charge in [0.2, 0.25) is 5.91 Å². The number of amides is 1. The van der Waals surface area contributed by atoms with Crippen LogP contribution < -0.4 is 5.32 Å². The van der Waals surface area contributed by atoms with E-state index in [-0.39, 0.29) is 5.91 Å². The lowest BCUT2D eigenvalue weighted by Gasteiger charge is -2.09. The molecule has 0 spiro atoms. The van der Waals surface area contributed by atoms with E-state index in [2.05, 4.69) is 27.6 Å². The van der Waals surface area contributed by atoms with E-state index in [9.17, 15) is 4.79 Å². The highest BCUT2D eigenvalue weighted by atomic mass is 32.2. The number of para-hydroxylation sites is 1. The third kappa shape index (κ3) is 4.48. The molecule has 1 heterocycles. The van der Waals surface area contributed by atoms with Crippen LogP contribution in [0.25, 0.3) is 0 Å². The minimum atomic E-state index is -0.0498. The molecular weight excluding hydrogens is 332 g/mol. The number of aryl methyl sites for hydroxylation is 2. The number of carbonyl (C=O) groups is 1. The Morgan fingerprint density at radius 1 is 1.04 bits per heavy atom.